The predicted octanol–water partition coefficient (Wildman–Crippen LogP) is 4.10. The molecule has 0 bridgehead atoms. The van der Waals surface area contributed by atoms with Crippen molar-refractivity contribution in [2.24, 2.45) is 5.92 Å². The number of anilines is 1. The first-order valence-corrected chi connectivity index (χ1v) is 13.5. The molecule has 170 valence electrons. The van der Waals surface area contributed by atoms with Crippen LogP contribution in [0.4, 0.5) is 5.82 Å². The van der Waals surface area contributed by atoms with Crippen molar-refractivity contribution in [3.8, 4) is 0 Å². The molecule has 10 heteroatoms. The van der Waals surface area contributed by atoms with Crippen molar-refractivity contribution >= 4 is 49.0 Å². The lowest BCUT2D eigenvalue weighted by molar-refractivity contribution is 0.0331. The summed E-state index contributed by atoms with van der Waals surface area (Å²) in [5.74, 6) is 1.62. The Balaban J connectivity index is 1.57. The third kappa shape index (κ3) is 4.49. The van der Waals surface area contributed by atoms with Gasteiger partial charge >= 0.3 is 0 Å². The quantitative estimate of drug-likeness (QED) is 0.577. The Labute approximate surface area is 196 Å². The number of thiophene rings is 1. The minimum atomic E-state index is -3.81. The molecule has 3 aromatic rings. The van der Waals surface area contributed by atoms with Gasteiger partial charge in [-0.2, -0.15) is 0 Å². The standard InChI is InChI=1S/C22H25ClN4O3S2/c1-14-2-7-17-18(12-14)31-22-20(17)21(24-19(25-22)13-27-8-10-30-11-9-27)26-32(28,29)16-5-3-15(23)4-6-16/h3-6,14H,2,7-13H2,1H3,(H,24,25,26). The van der Waals surface area contributed by atoms with Crippen LogP contribution in [0, 0.1) is 5.92 Å². The Bertz CT molecular complexity index is 1240. The van der Waals surface area contributed by atoms with E-state index in [1.165, 1.54) is 22.6 Å². The Morgan fingerprint density at radius 2 is 1.97 bits per heavy atom. The van der Waals surface area contributed by atoms with Crippen molar-refractivity contribution < 1.29 is 13.2 Å². The minimum absolute atomic E-state index is 0.154. The lowest BCUT2D eigenvalue weighted by Gasteiger charge is -2.25. The maximum absolute atomic E-state index is 13.2. The summed E-state index contributed by atoms with van der Waals surface area (Å²) in [7, 11) is -3.81. The molecule has 7 nitrogen and oxygen atoms in total. The fourth-order valence-corrected chi connectivity index (χ4v) is 6.83. The van der Waals surface area contributed by atoms with Gasteiger partial charge in [-0.3, -0.25) is 9.62 Å². The molecule has 2 aromatic heterocycles. The van der Waals surface area contributed by atoms with E-state index in [1.807, 2.05) is 0 Å². The molecule has 0 spiro atoms. The van der Waals surface area contributed by atoms with Crippen LogP contribution < -0.4 is 4.72 Å². The van der Waals surface area contributed by atoms with Crippen molar-refractivity contribution in [1.82, 2.24) is 14.9 Å². The molecule has 1 aliphatic heterocycles. The molecule has 3 heterocycles. The first-order chi connectivity index (χ1) is 15.4. The van der Waals surface area contributed by atoms with Gasteiger partial charge in [-0.05, 0) is 55.0 Å². The second-order valence-corrected chi connectivity index (χ2v) is 11.7. The smallest absolute Gasteiger partial charge is 0.263 e. The van der Waals surface area contributed by atoms with Crippen molar-refractivity contribution in [2.45, 2.75) is 37.6 Å². The normalized spacial score (nSPS) is 19.8. The van der Waals surface area contributed by atoms with Crippen molar-refractivity contribution in [3.05, 3.63) is 45.6 Å². The van der Waals surface area contributed by atoms with E-state index in [-0.39, 0.29) is 4.90 Å². The van der Waals surface area contributed by atoms with E-state index in [9.17, 15) is 8.42 Å². The van der Waals surface area contributed by atoms with Crippen LogP contribution in [0.25, 0.3) is 10.2 Å². The van der Waals surface area contributed by atoms with Crippen LogP contribution in [0.3, 0.4) is 0 Å². The van der Waals surface area contributed by atoms with E-state index in [4.69, 9.17) is 26.3 Å². The number of benzene rings is 1. The summed E-state index contributed by atoms with van der Waals surface area (Å²) < 4.78 is 34.5. The fraction of sp³-hybridized carbons (Fsp3) is 0.455. The maximum Gasteiger partial charge on any atom is 0.263 e. The molecule has 1 atom stereocenters. The van der Waals surface area contributed by atoms with Gasteiger partial charge in [-0.25, -0.2) is 18.4 Å². The summed E-state index contributed by atoms with van der Waals surface area (Å²) in [4.78, 5) is 14.1. The molecule has 32 heavy (non-hydrogen) atoms. The third-order valence-corrected chi connectivity index (χ3v) is 8.78. The summed E-state index contributed by atoms with van der Waals surface area (Å²) in [5, 5.41) is 1.34. The zero-order valence-corrected chi connectivity index (χ0v) is 20.2. The second kappa shape index (κ2) is 8.87. The summed E-state index contributed by atoms with van der Waals surface area (Å²) in [6.07, 6.45) is 2.99. The molecule has 0 amide bonds. The van der Waals surface area contributed by atoms with Crippen LogP contribution in [0.15, 0.2) is 29.2 Å². The van der Waals surface area contributed by atoms with Gasteiger partial charge in [0.25, 0.3) is 10.0 Å². The van der Waals surface area contributed by atoms with Gasteiger partial charge in [-0.1, -0.05) is 18.5 Å². The third-order valence-electron chi connectivity index (χ3n) is 6.03. The molecule has 1 unspecified atom stereocenters. The van der Waals surface area contributed by atoms with Crippen molar-refractivity contribution in [3.63, 3.8) is 0 Å². The molecule has 1 aliphatic carbocycles. The highest BCUT2D eigenvalue weighted by atomic mass is 35.5. The monoisotopic (exact) mass is 492 g/mol. The van der Waals surface area contributed by atoms with Gasteiger partial charge in [0.1, 0.15) is 10.7 Å². The fourth-order valence-electron chi connectivity index (χ4n) is 4.29. The largest absolute Gasteiger partial charge is 0.379 e. The highest BCUT2D eigenvalue weighted by molar-refractivity contribution is 7.92. The maximum atomic E-state index is 13.2. The lowest BCUT2D eigenvalue weighted by atomic mass is 9.89. The van der Waals surface area contributed by atoms with Crippen LogP contribution >= 0.6 is 22.9 Å². The number of aryl methyl sites for hydroxylation is 1. The summed E-state index contributed by atoms with van der Waals surface area (Å²) in [5.41, 5.74) is 1.19. The van der Waals surface area contributed by atoms with Crippen LogP contribution in [0.2, 0.25) is 5.02 Å². The molecule has 1 N–H and O–H groups in total. The number of rotatable bonds is 5. The van der Waals surface area contributed by atoms with Crippen LogP contribution in [-0.4, -0.2) is 49.6 Å². The Hall–Kier alpha value is -1.78. The van der Waals surface area contributed by atoms with Crippen LogP contribution in [0.5, 0.6) is 0 Å². The lowest BCUT2D eigenvalue weighted by Crippen LogP contribution is -2.36. The SMILES string of the molecule is CC1CCc2c(sc3nc(CN4CCOCC4)nc(NS(=O)(=O)c4ccc(Cl)cc4)c23)C1. The van der Waals surface area contributed by atoms with E-state index >= 15 is 0 Å². The average molecular weight is 493 g/mol. The number of nitrogens with one attached hydrogen (secondary N) is 1. The van der Waals surface area contributed by atoms with Gasteiger partial charge in [0.05, 0.1) is 30.0 Å². The Morgan fingerprint density at radius 3 is 2.72 bits per heavy atom. The van der Waals surface area contributed by atoms with E-state index in [1.54, 1.807) is 23.5 Å². The molecule has 1 saturated heterocycles. The van der Waals surface area contributed by atoms with E-state index in [0.717, 1.165) is 42.6 Å². The number of nitrogens with zero attached hydrogens (tertiary/aromatic N) is 3. The zero-order valence-electron chi connectivity index (χ0n) is 17.8. The molecule has 2 aliphatic rings. The van der Waals surface area contributed by atoms with E-state index in [2.05, 4.69) is 16.5 Å². The van der Waals surface area contributed by atoms with Gasteiger partial charge in [-0.15, -0.1) is 11.3 Å². The van der Waals surface area contributed by atoms with Crippen LogP contribution in [0.1, 0.15) is 29.6 Å². The summed E-state index contributed by atoms with van der Waals surface area (Å²) >= 11 is 7.61. The van der Waals surface area contributed by atoms with Crippen molar-refractivity contribution in [1.29, 1.82) is 0 Å². The van der Waals surface area contributed by atoms with Gasteiger partial charge < -0.3 is 4.74 Å². The molecule has 5 rings (SSSR count). The number of aromatic nitrogens is 2. The zero-order chi connectivity index (χ0) is 22.3. The van der Waals surface area contributed by atoms with Gasteiger partial charge in [0.2, 0.25) is 0 Å². The molecule has 0 saturated carbocycles. The first kappa shape index (κ1) is 22.0. The van der Waals surface area contributed by atoms with E-state index < -0.39 is 10.0 Å². The molecular formula is C22H25ClN4O3S2. The highest BCUT2D eigenvalue weighted by Gasteiger charge is 2.26. The minimum Gasteiger partial charge on any atom is -0.379 e. The van der Waals surface area contributed by atoms with Crippen molar-refractivity contribution in [2.75, 3.05) is 31.0 Å². The van der Waals surface area contributed by atoms with Gasteiger partial charge in [0, 0.05) is 23.0 Å². The number of hydrogen-bond donors (Lipinski definition) is 1. The second-order valence-electron chi connectivity index (χ2n) is 8.47. The van der Waals surface area contributed by atoms with Gasteiger partial charge in [0.15, 0.2) is 5.82 Å². The number of morpholine rings is 1. The molecule has 1 fully saturated rings. The number of halogens is 1. The Morgan fingerprint density at radius 1 is 1.22 bits per heavy atom. The molecule has 1 aromatic carbocycles. The summed E-state index contributed by atoms with van der Waals surface area (Å²) in [6, 6.07) is 6.15. The number of hydrogen-bond acceptors (Lipinski definition) is 7. The number of ether oxygens (including phenoxy) is 1. The molecular weight excluding hydrogens is 468 g/mol. The highest BCUT2D eigenvalue weighted by Crippen LogP contribution is 2.40. The Kier molecular flexibility index (Phi) is 6.11. The topological polar surface area (TPSA) is 84.4 Å². The summed E-state index contributed by atoms with van der Waals surface area (Å²) in [6.45, 7) is 5.81. The molecule has 0 radical (unpaired) electrons. The number of sulfonamides is 1. The number of fused-ring (bicyclic) bond motifs is 3. The van der Waals surface area contributed by atoms with Crippen LogP contribution in [-0.2, 0) is 34.1 Å². The first-order valence-electron chi connectivity index (χ1n) is 10.8. The predicted molar refractivity (Wildman–Crippen MR) is 127 cm³/mol. The average Bonchev–Trinajstić information content (AvgIpc) is 3.12. The van der Waals surface area contributed by atoms with E-state index in [0.29, 0.717) is 42.3 Å².